The molecule has 3 aromatic rings. The van der Waals surface area contributed by atoms with Crippen molar-refractivity contribution in [1.29, 1.82) is 0 Å². The lowest BCUT2D eigenvalue weighted by Crippen LogP contribution is -2.12. The number of benzene rings is 1. The standard InChI is InChI=1S/C21H24BrN3O3/c1-4-14(5-2)13-28-19-7-6-18(22)9-17(19)12-25-20-15(11-24-25)8-16(10-23-20)21(26)27-3/h6-11,14H,4-5,12-13H2,1-3H3. The molecule has 0 aliphatic carbocycles. The van der Waals surface area contributed by atoms with E-state index in [2.05, 4.69) is 39.9 Å². The van der Waals surface area contributed by atoms with Gasteiger partial charge in [0.1, 0.15) is 5.75 Å². The van der Waals surface area contributed by atoms with Gasteiger partial charge in [0.05, 0.1) is 32.0 Å². The van der Waals surface area contributed by atoms with Gasteiger partial charge in [-0.15, -0.1) is 0 Å². The maximum atomic E-state index is 11.7. The predicted molar refractivity (Wildman–Crippen MR) is 112 cm³/mol. The van der Waals surface area contributed by atoms with Crippen LogP contribution in [0, 0.1) is 5.92 Å². The first-order chi connectivity index (χ1) is 13.5. The summed E-state index contributed by atoms with van der Waals surface area (Å²) in [4.78, 5) is 16.1. The third-order valence-corrected chi connectivity index (χ3v) is 5.36. The van der Waals surface area contributed by atoms with Crippen LogP contribution in [-0.2, 0) is 11.3 Å². The van der Waals surface area contributed by atoms with E-state index in [0.29, 0.717) is 30.3 Å². The fourth-order valence-electron chi connectivity index (χ4n) is 3.02. The molecule has 0 bridgehead atoms. The van der Waals surface area contributed by atoms with E-state index in [-0.39, 0.29) is 0 Å². The number of methoxy groups -OCH3 is 1. The summed E-state index contributed by atoms with van der Waals surface area (Å²) in [5.74, 6) is 0.983. The summed E-state index contributed by atoms with van der Waals surface area (Å²) in [7, 11) is 1.35. The highest BCUT2D eigenvalue weighted by molar-refractivity contribution is 9.10. The van der Waals surface area contributed by atoms with Crippen LogP contribution in [0.1, 0.15) is 42.6 Å². The molecule has 0 aliphatic rings. The van der Waals surface area contributed by atoms with Gasteiger partial charge in [-0.3, -0.25) is 0 Å². The van der Waals surface area contributed by atoms with Crippen molar-refractivity contribution in [3.05, 3.63) is 52.3 Å². The summed E-state index contributed by atoms with van der Waals surface area (Å²) in [5.41, 5.74) is 2.13. The molecule has 148 valence electrons. The Balaban J connectivity index is 1.86. The van der Waals surface area contributed by atoms with Crippen LogP contribution >= 0.6 is 15.9 Å². The van der Waals surface area contributed by atoms with Gasteiger partial charge in [0.2, 0.25) is 0 Å². The monoisotopic (exact) mass is 445 g/mol. The van der Waals surface area contributed by atoms with E-state index < -0.39 is 5.97 Å². The van der Waals surface area contributed by atoms with Crippen LogP contribution in [0.3, 0.4) is 0 Å². The lowest BCUT2D eigenvalue weighted by molar-refractivity contribution is 0.0600. The Bertz CT molecular complexity index is 967. The highest BCUT2D eigenvalue weighted by atomic mass is 79.9. The summed E-state index contributed by atoms with van der Waals surface area (Å²) in [5, 5.41) is 5.24. The molecule has 28 heavy (non-hydrogen) atoms. The fourth-order valence-corrected chi connectivity index (χ4v) is 3.43. The second-order valence-corrected chi connectivity index (χ2v) is 7.59. The van der Waals surface area contributed by atoms with Crippen LogP contribution < -0.4 is 4.74 Å². The van der Waals surface area contributed by atoms with Gasteiger partial charge in [-0.2, -0.15) is 5.10 Å². The molecule has 0 atom stereocenters. The first-order valence-corrected chi connectivity index (χ1v) is 10.2. The minimum absolute atomic E-state index is 0.409. The molecule has 7 heteroatoms. The molecule has 0 N–H and O–H groups in total. The van der Waals surface area contributed by atoms with E-state index in [9.17, 15) is 4.79 Å². The Morgan fingerprint density at radius 3 is 2.71 bits per heavy atom. The van der Waals surface area contributed by atoms with Gasteiger partial charge in [-0.1, -0.05) is 42.6 Å². The number of carbonyl (C=O) groups is 1. The SMILES string of the molecule is CCC(CC)COc1ccc(Br)cc1Cn1ncc2cc(C(=O)OC)cnc21. The number of hydrogen-bond acceptors (Lipinski definition) is 5. The number of pyridine rings is 1. The number of hydrogen-bond donors (Lipinski definition) is 0. The van der Waals surface area contributed by atoms with Gasteiger partial charge in [0, 0.05) is 21.6 Å². The van der Waals surface area contributed by atoms with Crippen molar-refractivity contribution in [2.75, 3.05) is 13.7 Å². The first kappa shape index (κ1) is 20.3. The molecule has 2 heterocycles. The third kappa shape index (κ3) is 4.52. The molecule has 0 fully saturated rings. The molecule has 3 rings (SSSR count). The number of fused-ring (bicyclic) bond motifs is 1. The van der Waals surface area contributed by atoms with Crippen molar-refractivity contribution in [3.63, 3.8) is 0 Å². The van der Waals surface area contributed by atoms with Crippen LogP contribution in [-0.4, -0.2) is 34.5 Å². The Labute approximate surface area is 173 Å². The molecule has 0 aliphatic heterocycles. The number of carbonyl (C=O) groups excluding carboxylic acids is 1. The third-order valence-electron chi connectivity index (χ3n) is 4.87. The maximum absolute atomic E-state index is 11.7. The van der Waals surface area contributed by atoms with Crippen LogP contribution in [0.25, 0.3) is 11.0 Å². The van der Waals surface area contributed by atoms with Crippen LogP contribution in [0.15, 0.2) is 41.1 Å². The molecule has 0 radical (unpaired) electrons. The number of esters is 1. The Hall–Kier alpha value is -2.41. The highest BCUT2D eigenvalue weighted by Crippen LogP contribution is 2.26. The van der Waals surface area contributed by atoms with Crippen molar-refractivity contribution in [1.82, 2.24) is 14.8 Å². The maximum Gasteiger partial charge on any atom is 0.339 e. The molecule has 0 saturated carbocycles. The van der Waals surface area contributed by atoms with Crippen molar-refractivity contribution in [2.24, 2.45) is 5.92 Å². The van der Waals surface area contributed by atoms with E-state index in [1.54, 1.807) is 12.3 Å². The van der Waals surface area contributed by atoms with Gasteiger partial charge in [0.15, 0.2) is 5.65 Å². The van der Waals surface area contributed by atoms with E-state index in [4.69, 9.17) is 9.47 Å². The zero-order valence-electron chi connectivity index (χ0n) is 16.3. The Kier molecular flexibility index (Phi) is 6.67. The first-order valence-electron chi connectivity index (χ1n) is 9.36. The van der Waals surface area contributed by atoms with Gasteiger partial charge in [0.25, 0.3) is 0 Å². The number of rotatable bonds is 8. The van der Waals surface area contributed by atoms with E-state index in [1.807, 2.05) is 22.9 Å². The molecule has 2 aromatic heterocycles. The molecule has 0 unspecified atom stereocenters. The van der Waals surface area contributed by atoms with E-state index >= 15 is 0 Å². The Morgan fingerprint density at radius 2 is 2.00 bits per heavy atom. The Morgan fingerprint density at radius 1 is 1.21 bits per heavy atom. The van der Waals surface area contributed by atoms with Crippen LogP contribution in [0.5, 0.6) is 5.75 Å². The summed E-state index contributed by atoms with van der Waals surface area (Å²) < 4.78 is 13.7. The second kappa shape index (κ2) is 9.19. The van der Waals surface area contributed by atoms with Gasteiger partial charge in [-0.05, 0) is 30.2 Å². The average molecular weight is 446 g/mol. The normalized spacial score (nSPS) is 11.2. The largest absolute Gasteiger partial charge is 0.493 e. The zero-order chi connectivity index (χ0) is 20.1. The van der Waals surface area contributed by atoms with Crippen molar-refractivity contribution in [3.8, 4) is 5.75 Å². The topological polar surface area (TPSA) is 66.2 Å². The minimum Gasteiger partial charge on any atom is -0.493 e. The van der Waals surface area contributed by atoms with Crippen molar-refractivity contribution < 1.29 is 14.3 Å². The zero-order valence-corrected chi connectivity index (χ0v) is 17.9. The number of nitrogens with zero attached hydrogens (tertiary/aromatic N) is 3. The fraction of sp³-hybridized carbons (Fsp3) is 0.381. The summed E-state index contributed by atoms with van der Waals surface area (Å²) in [6.07, 6.45) is 5.41. The van der Waals surface area contributed by atoms with Crippen LogP contribution in [0.2, 0.25) is 0 Å². The lowest BCUT2D eigenvalue weighted by Gasteiger charge is -2.17. The van der Waals surface area contributed by atoms with E-state index in [0.717, 1.165) is 34.0 Å². The minimum atomic E-state index is -0.411. The molecular formula is C21H24BrN3O3. The van der Waals surface area contributed by atoms with Crippen molar-refractivity contribution >= 4 is 32.9 Å². The summed E-state index contributed by atoms with van der Waals surface area (Å²) >= 11 is 3.54. The average Bonchev–Trinajstić information content (AvgIpc) is 3.11. The van der Waals surface area contributed by atoms with E-state index in [1.165, 1.54) is 13.3 Å². The van der Waals surface area contributed by atoms with Crippen molar-refractivity contribution in [2.45, 2.75) is 33.2 Å². The van der Waals surface area contributed by atoms with Gasteiger partial charge >= 0.3 is 5.97 Å². The summed E-state index contributed by atoms with van der Waals surface area (Å²) in [6, 6.07) is 7.74. The van der Waals surface area contributed by atoms with Gasteiger partial charge < -0.3 is 9.47 Å². The van der Waals surface area contributed by atoms with Crippen LogP contribution in [0.4, 0.5) is 0 Å². The number of ether oxygens (including phenoxy) is 2. The number of halogens is 1. The lowest BCUT2D eigenvalue weighted by atomic mass is 10.1. The predicted octanol–water partition coefficient (Wildman–Crippen LogP) is 4.84. The molecule has 0 spiro atoms. The summed E-state index contributed by atoms with van der Waals surface area (Å²) in [6.45, 7) is 5.59. The highest BCUT2D eigenvalue weighted by Gasteiger charge is 2.13. The van der Waals surface area contributed by atoms with Gasteiger partial charge in [-0.25, -0.2) is 14.5 Å². The smallest absolute Gasteiger partial charge is 0.339 e. The molecular weight excluding hydrogens is 422 g/mol. The molecule has 0 amide bonds. The molecule has 6 nitrogen and oxygen atoms in total. The number of aromatic nitrogens is 3. The quantitative estimate of drug-likeness (QED) is 0.463. The molecule has 1 aromatic carbocycles. The molecule has 0 saturated heterocycles. The second-order valence-electron chi connectivity index (χ2n) is 6.68.